The predicted molar refractivity (Wildman–Crippen MR) is 74.6 cm³/mol. The molecule has 2 heteroatoms. The van der Waals surface area contributed by atoms with Crippen LogP contribution in [0.2, 0.25) is 0 Å². The van der Waals surface area contributed by atoms with Gasteiger partial charge in [0.25, 0.3) is 0 Å². The highest BCUT2D eigenvalue weighted by Gasteiger charge is 2.56. The highest BCUT2D eigenvalue weighted by atomic mass is 15.2. The largest absolute Gasteiger partial charge is 0.314 e. The van der Waals surface area contributed by atoms with Gasteiger partial charge >= 0.3 is 0 Å². The number of hydrogen-bond acceptors (Lipinski definition) is 2. The van der Waals surface area contributed by atoms with E-state index in [9.17, 15) is 0 Å². The Morgan fingerprint density at radius 3 is 2.22 bits per heavy atom. The van der Waals surface area contributed by atoms with Crippen molar-refractivity contribution in [3.05, 3.63) is 0 Å². The summed E-state index contributed by atoms with van der Waals surface area (Å²) in [4.78, 5) is 2.94. The number of hydrogen-bond donors (Lipinski definition) is 1. The summed E-state index contributed by atoms with van der Waals surface area (Å²) in [6, 6.07) is 2.66. The number of rotatable bonds is 5. The maximum atomic E-state index is 3.69. The average molecular weight is 248 g/mol. The summed E-state index contributed by atoms with van der Waals surface area (Å²) in [5.41, 5.74) is 0.811. The Balaban J connectivity index is 1.41. The summed E-state index contributed by atoms with van der Waals surface area (Å²) in [6.07, 6.45) is 12.0. The SMILES string of the molecule is CCNC1CC2CCC(C1)N2CC1(C2CC2)CC1. The van der Waals surface area contributed by atoms with Crippen LogP contribution in [0, 0.1) is 11.3 Å². The van der Waals surface area contributed by atoms with Crippen LogP contribution in [0.1, 0.15) is 58.3 Å². The summed E-state index contributed by atoms with van der Waals surface area (Å²) in [7, 11) is 0. The van der Waals surface area contributed by atoms with Gasteiger partial charge in [0.15, 0.2) is 0 Å². The number of nitrogens with zero attached hydrogens (tertiary/aromatic N) is 1. The summed E-state index contributed by atoms with van der Waals surface area (Å²) in [5, 5.41) is 3.69. The number of nitrogens with one attached hydrogen (secondary N) is 1. The maximum absolute atomic E-state index is 3.69. The van der Waals surface area contributed by atoms with Crippen molar-refractivity contribution in [1.82, 2.24) is 10.2 Å². The minimum absolute atomic E-state index is 0.811. The molecule has 2 aliphatic heterocycles. The van der Waals surface area contributed by atoms with Crippen molar-refractivity contribution >= 4 is 0 Å². The molecule has 0 aromatic rings. The van der Waals surface area contributed by atoms with Gasteiger partial charge in [0.05, 0.1) is 0 Å². The lowest BCUT2D eigenvalue weighted by atomic mass is 9.93. The zero-order chi connectivity index (χ0) is 12.2. The monoisotopic (exact) mass is 248 g/mol. The lowest BCUT2D eigenvalue weighted by Gasteiger charge is -2.41. The van der Waals surface area contributed by atoms with E-state index in [1.807, 2.05) is 0 Å². The van der Waals surface area contributed by atoms with Crippen LogP contribution in [0.4, 0.5) is 0 Å². The smallest absolute Gasteiger partial charge is 0.0114 e. The molecule has 2 bridgehead atoms. The Morgan fingerprint density at radius 2 is 1.72 bits per heavy atom. The highest BCUT2D eigenvalue weighted by Crippen LogP contribution is 2.62. The van der Waals surface area contributed by atoms with E-state index in [4.69, 9.17) is 0 Å². The first-order valence-electron chi connectivity index (χ1n) is 8.30. The molecule has 4 rings (SSSR count). The molecule has 1 N–H and O–H groups in total. The second-order valence-corrected chi connectivity index (χ2v) is 7.42. The van der Waals surface area contributed by atoms with Crippen LogP contribution in [0.5, 0.6) is 0 Å². The van der Waals surface area contributed by atoms with Crippen LogP contribution >= 0.6 is 0 Å². The second-order valence-electron chi connectivity index (χ2n) is 7.42. The molecule has 4 fully saturated rings. The van der Waals surface area contributed by atoms with Crippen LogP contribution in [0.25, 0.3) is 0 Å². The Hall–Kier alpha value is -0.0800. The molecule has 0 radical (unpaired) electrons. The van der Waals surface area contributed by atoms with E-state index in [0.29, 0.717) is 0 Å². The van der Waals surface area contributed by atoms with Crippen molar-refractivity contribution in [2.75, 3.05) is 13.1 Å². The summed E-state index contributed by atoms with van der Waals surface area (Å²) in [6.45, 7) is 4.86. The van der Waals surface area contributed by atoms with Gasteiger partial charge in [-0.3, -0.25) is 4.90 Å². The first-order chi connectivity index (χ1) is 8.81. The van der Waals surface area contributed by atoms with Gasteiger partial charge in [-0.1, -0.05) is 6.92 Å². The van der Waals surface area contributed by atoms with Gasteiger partial charge in [-0.2, -0.15) is 0 Å². The van der Waals surface area contributed by atoms with Crippen molar-refractivity contribution in [2.24, 2.45) is 11.3 Å². The molecule has 2 saturated heterocycles. The van der Waals surface area contributed by atoms with Gasteiger partial charge in [-0.25, -0.2) is 0 Å². The first-order valence-corrected chi connectivity index (χ1v) is 8.30. The maximum Gasteiger partial charge on any atom is 0.0114 e. The molecule has 0 amide bonds. The molecule has 0 aromatic heterocycles. The van der Waals surface area contributed by atoms with Crippen LogP contribution in [-0.2, 0) is 0 Å². The minimum Gasteiger partial charge on any atom is -0.314 e. The molecular formula is C16H28N2. The number of piperidine rings is 1. The number of fused-ring (bicyclic) bond motifs is 2. The molecular weight excluding hydrogens is 220 g/mol. The van der Waals surface area contributed by atoms with Crippen molar-refractivity contribution in [3.63, 3.8) is 0 Å². The van der Waals surface area contributed by atoms with Crippen LogP contribution in [0.3, 0.4) is 0 Å². The Morgan fingerprint density at radius 1 is 1.06 bits per heavy atom. The highest BCUT2D eigenvalue weighted by molar-refractivity contribution is 5.08. The summed E-state index contributed by atoms with van der Waals surface area (Å²) < 4.78 is 0. The zero-order valence-corrected chi connectivity index (χ0v) is 11.8. The zero-order valence-electron chi connectivity index (χ0n) is 11.8. The van der Waals surface area contributed by atoms with E-state index in [0.717, 1.165) is 36.0 Å². The van der Waals surface area contributed by atoms with Crippen LogP contribution < -0.4 is 5.32 Å². The third-order valence-corrected chi connectivity index (χ3v) is 6.21. The summed E-state index contributed by atoms with van der Waals surface area (Å²) >= 11 is 0. The molecule has 2 saturated carbocycles. The third-order valence-electron chi connectivity index (χ3n) is 6.21. The van der Waals surface area contributed by atoms with Crippen molar-refractivity contribution in [1.29, 1.82) is 0 Å². The predicted octanol–water partition coefficient (Wildman–Crippen LogP) is 2.78. The molecule has 2 heterocycles. The standard InChI is InChI=1S/C16H28N2/c1-2-17-13-9-14-5-6-15(10-13)18(14)11-16(7-8-16)12-3-4-12/h12-15,17H,2-11H2,1H3. The van der Waals surface area contributed by atoms with E-state index < -0.39 is 0 Å². The molecule has 0 spiro atoms. The van der Waals surface area contributed by atoms with Gasteiger partial charge < -0.3 is 5.32 Å². The van der Waals surface area contributed by atoms with Gasteiger partial charge in [-0.15, -0.1) is 0 Å². The molecule has 0 aromatic carbocycles. The average Bonchev–Trinajstić information content (AvgIpc) is 3.24. The molecule has 2 atom stereocenters. The first kappa shape index (κ1) is 11.7. The van der Waals surface area contributed by atoms with E-state index in [1.165, 1.54) is 32.2 Å². The molecule has 4 aliphatic rings. The third kappa shape index (κ3) is 1.92. The Kier molecular flexibility index (Phi) is 2.74. The van der Waals surface area contributed by atoms with E-state index in [2.05, 4.69) is 17.1 Å². The molecule has 102 valence electrons. The molecule has 2 unspecified atom stereocenters. The molecule has 2 nitrogen and oxygen atoms in total. The Labute approximate surface area is 111 Å². The van der Waals surface area contributed by atoms with E-state index in [-0.39, 0.29) is 0 Å². The van der Waals surface area contributed by atoms with Gasteiger partial charge in [0.2, 0.25) is 0 Å². The second kappa shape index (κ2) is 4.21. The normalized spacial score (nSPS) is 42.2. The van der Waals surface area contributed by atoms with Gasteiger partial charge in [0, 0.05) is 24.7 Å². The lowest BCUT2D eigenvalue weighted by Crippen LogP contribution is -2.50. The minimum atomic E-state index is 0.811. The topological polar surface area (TPSA) is 15.3 Å². The molecule has 2 aliphatic carbocycles. The molecule has 18 heavy (non-hydrogen) atoms. The van der Waals surface area contributed by atoms with Gasteiger partial charge in [0.1, 0.15) is 0 Å². The van der Waals surface area contributed by atoms with Crippen LogP contribution in [0.15, 0.2) is 0 Å². The van der Waals surface area contributed by atoms with Crippen LogP contribution in [-0.4, -0.2) is 36.1 Å². The fourth-order valence-electron chi connectivity index (χ4n) is 4.90. The quantitative estimate of drug-likeness (QED) is 0.805. The lowest BCUT2D eigenvalue weighted by molar-refractivity contribution is 0.0867. The fraction of sp³-hybridized carbons (Fsp3) is 1.00. The van der Waals surface area contributed by atoms with Crippen molar-refractivity contribution in [3.8, 4) is 0 Å². The van der Waals surface area contributed by atoms with E-state index in [1.54, 1.807) is 25.7 Å². The van der Waals surface area contributed by atoms with Crippen molar-refractivity contribution in [2.45, 2.75) is 76.4 Å². The fourth-order valence-corrected chi connectivity index (χ4v) is 4.90. The summed E-state index contributed by atoms with van der Waals surface area (Å²) in [5.74, 6) is 1.13. The Bertz CT molecular complexity index is 305. The van der Waals surface area contributed by atoms with E-state index >= 15 is 0 Å². The van der Waals surface area contributed by atoms with Gasteiger partial charge in [-0.05, 0) is 69.2 Å². The van der Waals surface area contributed by atoms with Crippen molar-refractivity contribution < 1.29 is 0 Å².